The summed E-state index contributed by atoms with van der Waals surface area (Å²) < 4.78 is 16.7. The first kappa shape index (κ1) is 24.1. The molecule has 0 radical (unpaired) electrons. The molecule has 0 aliphatic carbocycles. The van der Waals surface area contributed by atoms with Crippen molar-refractivity contribution in [2.24, 2.45) is 5.92 Å². The number of likely N-dealkylation sites (N-methyl/N-ethyl adjacent to an activating group) is 1. The van der Waals surface area contributed by atoms with Gasteiger partial charge in [0.25, 0.3) is 11.8 Å². The summed E-state index contributed by atoms with van der Waals surface area (Å²) in [6.45, 7) is 4.37. The number of hydrogen-bond donors (Lipinski definition) is 0. The van der Waals surface area contributed by atoms with Crippen LogP contribution in [0.15, 0.2) is 36.4 Å². The van der Waals surface area contributed by atoms with Gasteiger partial charge in [0.15, 0.2) is 0 Å². The van der Waals surface area contributed by atoms with Crippen LogP contribution < -0.4 is 9.80 Å². The Hall–Kier alpha value is -3.27. The zero-order chi connectivity index (χ0) is 25.5. The van der Waals surface area contributed by atoms with Gasteiger partial charge in [-0.15, -0.1) is 0 Å². The normalized spacial score (nSPS) is 23.3. The molecule has 0 bridgehead atoms. The Bertz CT molecular complexity index is 1240. The molecule has 0 unspecified atom stereocenters. The largest absolute Gasteiger partial charge is 0.376 e. The third kappa shape index (κ3) is 4.41. The van der Waals surface area contributed by atoms with E-state index < -0.39 is 0 Å². The number of amides is 3. The van der Waals surface area contributed by atoms with Crippen LogP contribution in [0.1, 0.15) is 44.7 Å². The quantitative estimate of drug-likeness (QED) is 0.577. The number of anilines is 2. The molecule has 2 aromatic rings. The summed E-state index contributed by atoms with van der Waals surface area (Å²) in [5, 5.41) is 0. The number of carbonyl (C=O) groups excluding carboxylic acids is 3. The second-order valence-corrected chi connectivity index (χ2v) is 10.2. The van der Waals surface area contributed by atoms with E-state index in [1.54, 1.807) is 24.1 Å². The predicted octanol–water partition coefficient (Wildman–Crippen LogP) is 2.61. The summed E-state index contributed by atoms with van der Waals surface area (Å²) in [6, 6.07) is 11.0. The van der Waals surface area contributed by atoms with Crippen LogP contribution in [0, 0.1) is 5.92 Å². The van der Waals surface area contributed by atoms with Crippen molar-refractivity contribution in [3.8, 4) is 0 Å². The third-order valence-electron chi connectivity index (χ3n) is 7.71. The molecule has 9 heteroatoms. The van der Waals surface area contributed by atoms with Gasteiger partial charge in [0.2, 0.25) is 5.91 Å². The molecule has 2 atom stereocenters. The summed E-state index contributed by atoms with van der Waals surface area (Å²) in [6.07, 6.45) is 1.50. The van der Waals surface area contributed by atoms with E-state index >= 15 is 0 Å². The summed E-state index contributed by atoms with van der Waals surface area (Å²) in [5.41, 5.74) is 4.17. The number of ether oxygens (including phenoxy) is 3. The lowest BCUT2D eigenvalue weighted by Gasteiger charge is -2.37. The Labute approximate surface area is 215 Å². The van der Waals surface area contributed by atoms with Crippen LogP contribution in [-0.4, -0.2) is 75.2 Å². The van der Waals surface area contributed by atoms with Crippen molar-refractivity contribution in [2.75, 3.05) is 56.3 Å². The molecule has 4 aliphatic heterocycles. The second-order valence-electron chi connectivity index (χ2n) is 10.2. The molecule has 4 heterocycles. The van der Waals surface area contributed by atoms with Crippen LogP contribution >= 0.6 is 0 Å². The van der Waals surface area contributed by atoms with E-state index in [-0.39, 0.29) is 29.7 Å². The number of carbonyl (C=O) groups is 3. The molecule has 0 saturated carbocycles. The van der Waals surface area contributed by atoms with E-state index in [1.807, 2.05) is 24.3 Å². The molecule has 0 N–H and O–H groups in total. The van der Waals surface area contributed by atoms with Crippen molar-refractivity contribution >= 4 is 29.1 Å². The Balaban J connectivity index is 1.21. The third-order valence-corrected chi connectivity index (χ3v) is 7.71. The minimum Gasteiger partial charge on any atom is -0.376 e. The Morgan fingerprint density at radius 3 is 2.76 bits per heavy atom. The molecular formula is C28H31N3O6. The van der Waals surface area contributed by atoms with E-state index in [2.05, 4.69) is 4.90 Å². The Morgan fingerprint density at radius 2 is 1.92 bits per heavy atom. The number of rotatable bonds is 5. The highest BCUT2D eigenvalue weighted by molar-refractivity contribution is 6.36. The lowest BCUT2D eigenvalue weighted by molar-refractivity contribution is -0.140. The molecule has 37 heavy (non-hydrogen) atoms. The van der Waals surface area contributed by atoms with Gasteiger partial charge in [-0.05, 0) is 48.2 Å². The highest BCUT2D eigenvalue weighted by Crippen LogP contribution is 2.37. The van der Waals surface area contributed by atoms with E-state index in [0.717, 1.165) is 30.5 Å². The van der Waals surface area contributed by atoms with Gasteiger partial charge in [-0.1, -0.05) is 12.1 Å². The van der Waals surface area contributed by atoms with E-state index in [9.17, 15) is 14.4 Å². The van der Waals surface area contributed by atoms with Crippen LogP contribution in [0.5, 0.6) is 0 Å². The van der Waals surface area contributed by atoms with E-state index in [1.165, 1.54) is 4.90 Å². The number of fused-ring (bicyclic) bond motifs is 2. The van der Waals surface area contributed by atoms with Gasteiger partial charge in [0, 0.05) is 26.7 Å². The van der Waals surface area contributed by atoms with E-state index in [0.29, 0.717) is 68.6 Å². The molecule has 4 aliphatic rings. The standard InChI is InChI=1S/C28H31N3O6/c1-29(14-22-17-35-10-11-37-22)26(32)18-4-3-9-30(13-18)24-6-2-5-23-25(24)28(34)31(27(23)33)21-8-7-19-15-36-16-20(19)12-21/h2,5-8,12,18,22H,3-4,9-11,13-17H2,1H3/t18-,22-/m0/s1. The molecule has 3 amide bonds. The maximum atomic E-state index is 13.7. The molecule has 9 nitrogen and oxygen atoms in total. The second kappa shape index (κ2) is 9.89. The molecule has 194 valence electrons. The minimum absolute atomic E-state index is 0.0656. The first-order chi connectivity index (χ1) is 18.0. The number of imide groups is 1. The van der Waals surface area contributed by atoms with Crippen molar-refractivity contribution < 1.29 is 28.6 Å². The van der Waals surface area contributed by atoms with Crippen LogP contribution in [-0.2, 0) is 32.2 Å². The van der Waals surface area contributed by atoms with Crippen molar-refractivity contribution in [1.82, 2.24) is 4.90 Å². The molecule has 0 spiro atoms. The number of hydrogen-bond acceptors (Lipinski definition) is 7. The summed E-state index contributed by atoms with van der Waals surface area (Å²) >= 11 is 0. The lowest BCUT2D eigenvalue weighted by atomic mass is 9.95. The summed E-state index contributed by atoms with van der Waals surface area (Å²) in [5.74, 6) is -0.774. The maximum absolute atomic E-state index is 13.7. The molecule has 2 aromatic carbocycles. The average molecular weight is 506 g/mol. The van der Waals surface area contributed by atoms with Gasteiger partial charge in [-0.2, -0.15) is 0 Å². The Kier molecular flexibility index (Phi) is 6.44. The fraction of sp³-hybridized carbons (Fsp3) is 0.464. The highest BCUT2D eigenvalue weighted by Gasteiger charge is 2.41. The first-order valence-electron chi connectivity index (χ1n) is 12.9. The smallest absolute Gasteiger partial charge is 0.268 e. The van der Waals surface area contributed by atoms with E-state index in [4.69, 9.17) is 14.2 Å². The van der Waals surface area contributed by atoms with Gasteiger partial charge >= 0.3 is 0 Å². The van der Waals surface area contributed by atoms with Crippen molar-refractivity contribution in [2.45, 2.75) is 32.2 Å². The SMILES string of the molecule is CN(C[C@H]1COCCO1)C(=O)[C@H]1CCCN(c2cccc3c2C(=O)N(c2ccc4c(c2)COC4)C3=O)C1. The van der Waals surface area contributed by atoms with Gasteiger partial charge < -0.3 is 24.0 Å². The number of benzene rings is 2. The van der Waals surface area contributed by atoms with Crippen LogP contribution in [0.3, 0.4) is 0 Å². The highest BCUT2D eigenvalue weighted by atomic mass is 16.6. The van der Waals surface area contributed by atoms with Crippen LogP contribution in [0.2, 0.25) is 0 Å². The van der Waals surface area contributed by atoms with Crippen molar-refractivity contribution in [3.63, 3.8) is 0 Å². The number of piperidine rings is 1. The van der Waals surface area contributed by atoms with Gasteiger partial charge in [-0.25, -0.2) is 4.90 Å². The fourth-order valence-corrected chi connectivity index (χ4v) is 5.81. The first-order valence-corrected chi connectivity index (χ1v) is 12.9. The number of nitrogens with zero attached hydrogens (tertiary/aromatic N) is 3. The van der Waals surface area contributed by atoms with Crippen LogP contribution in [0.25, 0.3) is 0 Å². The summed E-state index contributed by atoms with van der Waals surface area (Å²) in [7, 11) is 1.81. The zero-order valence-electron chi connectivity index (χ0n) is 21.0. The lowest BCUT2D eigenvalue weighted by Crippen LogP contribution is -2.47. The minimum atomic E-state index is -0.325. The van der Waals surface area contributed by atoms with Gasteiger partial charge in [-0.3, -0.25) is 14.4 Å². The Morgan fingerprint density at radius 1 is 1.05 bits per heavy atom. The van der Waals surface area contributed by atoms with Crippen molar-refractivity contribution in [1.29, 1.82) is 0 Å². The monoisotopic (exact) mass is 505 g/mol. The molecule has 0 aromatic heterocycles. The van der Waals surface area contributed by atoms with Crippen LogP contribution in [0.4, 0.5) is 11.4 Å². The topological polar surface area (TPSA) is 88.6 Å². The fourth-order valence-electron chi connectivity index (χ4n) is 5.81. The zero-order valence-corrected chi connectivity index (χ0v) is 21.0. The molecule has 2 saturated heterocycles. The van der Waals surface area contributed by atoms with Gasteiger partial charge in [0.1, 0.15) is 0 Å². The van der Waals surface area contributed by atoms with Crippen molar-refractivity contribution in [3.05, 3.63) is 58.7 Å². The predicted molar refractivity (Wildman–Crippen MR) is 136 cm³/mol. The molecular weight excluding hydrogens is 474 g/mol. The molecule has 2 fully saturated rings. The van der Waals surface area contributed by atoms with Gasteiger partial charge in [0.05, 0.1) is 67.6 Å². The molecule has 6 rings (SSSR count). The maximum Gasteiger partial charge on any atom is 0.268 e. The average Bonchev–Trinajstić information content (AvgIpc) is 3.50. The summed E-state index contributed by atoms with van der Waals surface area (Å²) in [4.78, 5) is 45.4.